The minimum Gasteiger partial charge on any atom is -0.496 e. The number of hydrogen-bond acceptors (Lipinski definition) is 8. The van der Waals surface area contributed by atoms with Gasteiger partial charge >= 0.3 is 0 Å². The van der Waals surface area contributed by atoms with Gasteiger partial charge in [0.2, 0.25) is 0 Å². The zero-order valence-corrected chi connectivity index (χ0v) is 23.6. The monoisotopic (exact) mass is 548 g/mol. The molecule has 1 N–H and O–H groups in total. The van der Waals surface area contributed by atoms with E-state index in [1.165, 1.54) is 6.26 Å². The lowest BCUT2D eigenvalue weighted by Gasteiger charge is -2.16. The predicted molar refractivity (Wildman–Crippen MR) is 157 cm³/mol. The third-order valence-corrected chi connectivity index (χ3v) is 7.41. The lowest BCUT2D eigenvalue weighted by Crippen LogP contribution is -2.26. The van der Waals surface area contributed by atoms with Gasteiger partial charge in [-0.1, -0.05) is 30.3 Å². The smallest absolute Gasteiger partial charge is 0.148 e. The Morgan fingerprint density at radius 3 is 2.44 bits per heavy atom. The van der Waals surface area contributed by atoms with E-state index in [4.69, 9.17) is 9.47 Å². The van der Waals surface area contributed by atoms with Gasteiger partial charge in [-0.2, -0.15) is 0 Å². The molecule has 206 valence electrons. The molecule has 0 bridgehead atoms. The molecule has 0 saturated carbocycles. The van der Waals surface area contributed by atoms with E-state index in [9.17, 15) is 8.42 Å². The average molecular weight is 549 g/mol. The van der Waals surface area contributed by atoms with E-state index < -0.39 is 9.84 Å². The quantitative estimate of drug-likeness (QED) is 0.213. The first-order valence-electron chi connectivity index (χ1n) is 13.0. The van der Waals surface area contributed by atoms with E-state index in [1.54, 1.807) is 13.4 Å². The standard InChI is InChI=1S/C30H36N4O4S/c1-34(17-18-39(3,35)36)16-8-7-11-24-19-27-28(20-29(24)37-2)31-22-32-30(27)33-25-12-14-26(15-13-25)38-21-23-9-5-4-6-10-23/h4-6,9-10,12-15,19-20,22H,7-8,11,16-18,21H2,1-3H3,(H,31,32,33). The molecule has 0 fully saturated rings. The summed E-state index contributed by atoms with van der Waals surface area (Å²) < 4.78 is 34.4. The fourth-order valence-corrected chi connectivity index (χ4v) is 4.90. The van der Waals surface area contributed by atoms with E-state index in [0.29, 0.717) is 13.2 Å². The summed E-state index contributed by atoms with van der Waals surface area (Å²) in [6.45, 7) is 1.91. The number of aryl methyl sites for hydroxylation is 1. The maximum atomic E-state index is 11.4. The summed E-state index contributed by atoms with van der Waals surface area (Å²) in [5.74, 6) is 2.51. The normalized spacial score (nSPS) is 11.6. The van der Waals surface area contributed by atoms with E-state index in [1.807, 2.05) is 67.7 Å². The molecular formula is C30H36N4O4S. The molecule has 1 aromatic heterocycles. The second-order valence-electron chi connectivity index (χ2n) is 9.72. The second-order valence-corrected chi connectivity index (χ2v) is 12.0. The fourth-order valence-electron chi connectivity index (χ4n) is 4.26. The molecule has 0 saturated heterocycles. The van der Waals surface area contributed by atoms with E-state index in [0.717, 1.165) is 70.8 Å². The van der Waals surface area contributed by atoms with Gasteiger partial charge in [-0.3, -0.25) is 0 Å². The number of rotatable bonds is 14. The molecule has 0 amide bonds. The molecule has 3 aromatic carbocycles. The summed E-state index contributed by atoms with van der Waals surface area (Å²) in [6.07, 6.45) is 5.56. The summed E-state index contributed by atoms with van der Waals surface area (Å²) in [5, 5.41) is 4.34. The molecule has 4 rings (SSSR count). The highest BCUT2D eigenvalue weighted by Gasteiger charge is 2.12. The van der Waals surface area contributed by atoms with Crippen LogP contribution in [0.4, 0.5) is 11.5 Å². The molecule has 1 heterocycles. The van der Waals surface area contributed by atoms with E-state index in [-0.39, 0.29) is 5.75 Å². The number of sulfone groups is 1. The highest BCUT2D eigenvalue weighted by atomic mass is 32.2. The van der Waals surface area contributed by atoms with Gasteiger partial charge in [0, 0.05) is 29.9 Å². The first-order chi connectivity index (χ1) is 18.8. The van der Waals surface area contributed by atoms with Crippen LogP contribution in [0.3, 0.4) is 0 Å². The SMILES string of the molecule is COc1cc2ncnc(Nc3ccc(OCc4ccccc4)cc3)c2cc1CCCCN(C)CCS(C)(=O)=O. The van der Waals surface area contributed by atoms with Gasteiger partial charge in [0.1, 0.15) is 40.1 Å². The van der Waals surface area contributed by atoms with Crippen molar-refractivity contribution < 1.29 is 17.9 Å². The van der Waals surface area contributed by atoms with Crippen molar-refractivity contribution in [3.8, 4) is 11.5 Å². The van der Waals surface area contributed by atoms with Crippen molar-refractivity contribution in [3.05, 3.63) is 84.2 Å². The average Bonchev–Trinajstić information content (AvgIpc) is 2.94. The summed E-state index contributed by atoms with van der Waals surface area (Å²) >= 11 is 0. The molecule has 0 aliphatic heterocycles. The predicted octanol–water partition coefficient (Wildman–Crippen LogP) is 5.26. The van der Waals surface area contributed by atoms with Gasteiger partial charge in [0.15, 0.2) is 0 Å². The van der Waals surface area contributed by atoms with Crippen molar-refractivity contribution in [2.45, 2.75) is 25.9 Å². The molecule has 0 radical (unpaired) electrons. The molecule has 0 spiro atoms. The number of hydrogen-bond donors (Lipinski definition) is 1. The van der Waals surface area contributed by atoms with Crippen LogP contribution < -0.4 is 14.8 Å². The Morgan fingerprint density at radius 2 is 1.72 bits per heavy atom. The molecule has 39 heavy (non-hydrogen) atoms. The second kappa shape index (κ2) is 13.4. The van der Waals surface area contributed by atoms with Crippen LogP contribution in [0, 0.1) is 0 Å². The van der Waals surface area contributed by atoms with Crippen molar-refractivity contribution in [2.75, 3.05) is 44.6 Å². The van der Waals surface area contributed by atoms with Crippen LogP contribution in [0.1, 0.15) is 24.0 Å². The van der Waals surface area contributed by atoms with Crippen molar-refractivity contribution >= 4 is 32.2 Å². The van der Waals surface area contributed by atoms with Crippen molar-refractivity contribution in [1.29, 1.82) is 0 Å². The number of methoxy groups -OCH3 is 1. The number of nitrogens with zero attached hydrogens (tertiary/aromatic N) is 3. The maximum absolute atomic E-state index is 11.4. The highest BCUT2D eigenvalue weighted by molar-refractivity contribution is 7.90. The molecule has 9 heteroatoms. The molecule has 0 atom stereocenters. The Hall–Kier alpha value is -3.69. The highest BCUT2D eigenvalue weighted by Crippen LogP contribution is 2.31. The third-order valence-electron chi connectivity index (χ3n) is 6.48. The molecule has 0 aliphatic carbocycles. The van der Waals surface area contributed by atoms with Crippen molar-refractivity contribution in [3.63, 3.8) is 0 Å². The van der Waals surface area contributed by atoms with Crippen molar-refractivity contribution in [2.24, 2.45) is 0 Å². The molecule has 8 nitrogen and oxygen atoms in total. The zero-order chi connectivity index (χ0) is 27.7. The molecule has 4 aromatic rings. The minimum absolute atomic E-state index is 0.182. The summed E-state index contributed by atoms with van der Waals surface area (Å²) in [5.41, 5.74) is 3.91. The Balaban J connectivity index is 1.40. The van der Waals surface area contributed by atoms with E-state index >= 15 is 0 Å². The van der Waals surface area contributed by atoms with Crippen LogP contribution in [0.25, 0.3) is 10.9 Å². The van der Waals surface area contributed by atoms with Crippen LogP contribution in [0.15, 0.2) is 73.1 Å². The number of nitrogens with one attached hydrogen (secondary N) is 1. The van der Waals surface area contributed by atoms with Gasteiger partial charge in [0.05, 0.1) is 18.4 Å². The number of benzene rings is 3. The Kier molecular flexibility index (Phi) is 9.73. The van der Waals surface area contributed by atoms with Gasteiger partial charge in [0.25, 0.3) is 0 Å². The first-order valence-corrected chi connectivity index (χ1v) is 15.1. The lowest BCUT2D eigenvalue weighted by molar-refractivity contribution is 0.306. The summed E-state index contributed by atoms with van der Waals surface area (Å²) in [6, 6.07) is 22.0. The topological polar surface area (TPSA) is 93.7 Å². The number of unbranched alkanes of at least 4 members (excludes halogenated alkanes) is 1. The first kappa shape index (κ1) is 28.3. The Bertz CT molecular complexity index is 1460. The van der Waals surface area contributed by atoms with Gasteiger partial charge in [-0.15, -0.1) is 0 Å². The van der Waals surface area contributed by atoms with Crippen LogP contribution >= 0.6 is 0 Å². The minimum atomic E-state index is -2.95. The van der Waals surface area contributed by atoms with Crippen molar-refractivity contribution in [1.82, 2.24) is 14.9 Å². The van der Waals surface area contributed by atoms with E-state index in [2.05, 4.69) is 26.3 Å². The Labute approximate surface area is 230 Å². The molecular weight excluding hydrogens is 512 g/mol. The van der Waals surface area contributed by atoms with Crippen LogP contribution in [-0.2, 0) is 22.9 Å². The number of anilines is 2. The number of aromatic nitrogens is 2. The molecule has 0 aliphatic rings. The summed E-state index contributed by atoms with van der Waals surface area (Å²) in [7, 11) is 0.682. The molecule has 0 unspecified atom stereocenters. The van der Waals surface area contributed by atoms with Gasteiger partial charge in [-0.05, 0) is 74.3 Å². The Morgan fingerprint density at radius 1 is 0.949 bits per heavy atom. The summed E-state index contributed by atoms with van der Waals surface area (Å²) in [4.78, 5) is 11.0. The van der Waals surface area contributed by atoms with Gasteiger partial charge in [-0.25, -0.2) is 18.4 Å². The number of ether oxygens (including phenoxy) is 2. The van der Waals surface area contributed by atoms with Crippen LogP contribution in [-0.4, -0.2) is 62.5 Å². The lowest BCUT2D eigenvalue weighted by atomic mass is 10.0. The number of fused-ring (bicyclic) bond motifs is 1. The van der Waals surface area contributed by atoms with Gasteiger partial charge < -0.3 is 19.7 Å². The van der Waals surface area contributed by atoms with Crippen LogP contribution in [0.5, 0.6) is 11.5 Å². The maximum Gasteiger partial charge on any atom is 0.148 e. The fraction of sp³-hybridized carbons (Fsp3) is 0.333. The largest absolute Gasteiger partial charge is 0.496 e. The van der Waals surface area contributed by atoms with Crippen LogP contribution in [0.2, 0.25) is 0 Å². The third kappa shape index (κ3) is 8.66. The zero-order valence-electron chi connectivity index (χ0n) is 22.8.